The van der Waals surface area contributed by atoms with E-state index in [2.05, 4.69) is 38.4 Å². The molecule has 1 aromatic heterocycles. The molecule has 0 saturated carbocycles. The summed E-state index contributed by atoms with van der Waals surface area (Å²) in [5.41, 5.74) is 2.26. The minimum Gasteiger partial charge on any atom is -0.493 e. The number of hydrogen-bond donors (Lipinski definition) is 2. The molecule has 0 saturated heterocycles. The Balaban J connectivity index is 1.46. The van der Waals surface area contributed by atoms with Crippen LogP contribution in [0.4, 0.5) is 0 Å². The van der Waals surface area contributed by atoms with Gasteiger partial charge in [-0.15, -0.1) is 10.2 Å². The molecule has 2 N–H and O–H groups in total. The normalized spacial score (nSPS) is 15.8. The third-order valence-electron chi connectivity index (χ3n) is 5.26. The second-order valence-corrected chi connectivity index (χ2v) is 7.82. The Bertz CT molecular complexity index is 1020. The Morgan fingerprint density at radius 1 is 1.23 bits per heavy atom. The number of ether oxygens (including phenoxy) is 1. The molecule has 0 spiro atoms. The minimum absolute atomic E-state index is 0.141. The molecule has 1 aliphatic rings. The molecule has 1 atom stereocenters. The van der Waals surface area contributed by atoms with Crippen molar-refractivity contribution in [3.63, 3.8) is 0 Å². The summed E-state index contributed by atoms with van der Waals surface area (Å²) in [6, 6.07) is 16.1. The molecule has 3 aromatic rings. The van der Waals surface area contributed by atoms with Crippen LogP contribution < -0.4 is 15.4 Å². The minimum atomic E-state index is 0.141. The van der Waals surface area contributed by atoms with Crippen molar-refractivity contribution in [2.75, 3.05) is 13.2 Å². The van der Waals surface area contributed by atoms with E-state index in [0.29, 0.717) is 19.7 Å². The van der Waals surface area contributed by atoms with Gasteiger partial charge in [-0.25, -0.2) is 4.99 Å². The molecule has 1 unspecified atom stereocenters. The zero-order valence-electron chi connectivity index (χ0n) is 17.6. The molecule has 0 bridgehead atoms. The fraction of sp³-hybridized carbons (Fsp3) is 0.348. The number of nitrogens with one attached hydrogen (secondary N) is 2. The highest BCUT2D eigenvalue weighted by Gasteiger charge is 2.21. The standard InChI is InChI=1S/C23H27ClN6O/c1-2-22-29-27-16-30(22)13-12-25-23(26-15-17-7-9-18(24)10-8-17)28-20-11-14-31-21-6-4-3-5-19(20)21/h3-10,16,20H,2,11-15H2,1H3,(H2,25,26,28). The largest absolute Gasteiger partial charge is 0.493 e. The van der Waals surface area contributed by atoms with E-state index in [1.807, 2.05) is 42.5 Å². The van der Waals surface area contributed by atoms with E-state index < -0.39 is 0 Å². The monoisotopic (exact) mass is 438 g/mol. The van der Waals surface area contributed by atoms with Gasteiger partial charge in [0.05, 0.1) is 19.2 Å². The van der Waals surface area contributed by atoms with Crippen LogP contribution in [0.1, 0.15) is 36.3 Å². The molecule has 1 aliphatic heterocycles. The van der Waals surface area contributed by atoms with Crippen molar-refractivity contribution >= 4 is 17.6 Å². The van der Waals surface area contributed by atoms with Crippen LogP contribution in [-0.4, -0.2) is 33.9 Å². The van der Waals surface area contributed by atoms with Gasteiger partial charge in [0, 0.05) is 36.5 Å². The average molecular weight is 439 g/mol. The van der Waals surface area contributed by atoms with Crippen LogP contribution in [0.3, 0.4) is 0 Å². The van der Waals surface area contributed by atoms with E-state index in [9.17, 15) is 0 Å². The highest BCUT2D eigenvalue weighted by atomic mass is 35.5. The smallest absolute Gasteiger partial charge is 0.192 e. The summed E-state index contributed by atoms with van der Waals surface area (Å²) >= 11 is 6.01. The number of aromatic nitrogens is 3. The van der Waals surface area contributed by atoms with Gasteiger partial charge < -0.3 is 19.9 Å². The van der Waals surface area contributed by atoms with Gasteiger partial charge in [0.1, 0.15) is 17.9 Å². The first-order chi connectivity index (χ1) is 15.2. The van der Waals surface area contributed by atoms with Crippen LogP contribution in [0.25, 0.3) is 0 Å². The number of guanidine groups is 1. The summed E-state index contributed by atoms with van der Waals surface area (Å²) in [6.07, 6.45) is 3.51. The van der Waals surface area contributed by atoms with Crippen molar-refractivity contribution in [1.29, 1.82) is 0 Å². The van der Waals surface area contributed by atoms with Gasteiger partial charge in [0.15, 0.2) is 5.96 Å². The maximum absolute atomic E-state index is 6.01. The van der Waals surface area contributed by atoms with Crippen molar-refractivity contribution in [2.45, 2.75) is 38.9 Å². The second kappa shape index (κ2) is 10.3. The first-order valence-electron chi connectivity index (χ1n) is 10.6. The number of halogens is 1. The summed E-state index contributed by atoms with van der Waals surface area (Å²) in [5.74, 6) is 2.68. The van der Waals surface area contributed by atoms with Gasteiger partial charge in [-0.2, -0.15) is 0 Å². The lowest BCUT2D eigenvalue weighted by Gasteiger charge is -2.28. The van der Waals surface area contributed by atoms with Gasteiger partial charge >= 0.3 is 0 Å². The fourth-order valence-electron chi connectivity index (χ4n) is 3.60. The maximum Gasteiger partial charge on any atom is 0.192 e. The Labute approximate surface area is 187 Å². The molecule has 2 heterocycles. The van der Waals surface area contributed by atoms with E-state index in [1.165, 1.54) is 0 Å². The van der Waals surface area contributed by atoms with Crippen LogP contribution in [0.15, 0.2) is 59.9 Å². The van der Waals surface area contributed by atoms with Crippen molar-refractivity contribution < 1.29 is 4.74 Å². The lowest BCUT2D eigenvalue weighted by atomic mass is 10.0. The van der Waals surface area contributed by atoms with E-state index in [-0.39, 0.29) is 6.04 Å². The zero-order valence-corrected chi connectivity index (χ0v) is 18.3. The first kappa shape index (κ1) is 21.2. The number of benzene rings is 2. The summed E-state index contributed by atoms with van der Waals surface area (Å²) in [6.45, 7) is 4.80. The van der Waals surface area contributed by atoms with Crippen LogP contribution in [0, 0.1) is 0 Å². The molecule has 7 nitrogen and oxygen atoms in total. The molecule has 31 heavy (non-hydrogen) atoms. The molecule has 162 valence electrons. The van der Waals surface area contributed by atoms with Crippen LogP contribution >= 0.6 is 11.6 Å². The number of fused-ring (bicyclic) bond motifs is 1. The number of aryl methyl sites for hydroxylation is 1. The predicted octanol–water partition coefficient (Wildman–Crippen LogP) is 3.75. The van der Waals surface area contributed by atoms with Crippen molar-refractivity contribution in [3.8, 4) is 5.75 Å². The molecule has 0 aliphatic carbocycles. The Kier molecular flexibility index (Phi) is 7.04. The first-order valence-corrected chi connectivity index (χ1v) is 11.0. The molecule has 8 heteroatoms. The van der Waals surface area contributed by atoms with Crippen molar-refractivity contribution in [3.05, 3.63) is 76.8 Å². The van der Waals surface area contributed by atoms with E-state index >= 15 is 0 Å². The second-order valence-electron chi connectivity index (χ2n) is 7.38. The Hall–Kier alpha value is -3.06. The van der Waals surface area contributed by atoms with Crippen molar-refractivity contribution in [2.24, 2.45) is 4.99 Å². The summed E-state index contributed by atoms with van der Waals surface area (Å²) in [4.78, 5) is 4.82. The lowest BCUT2D eigenvalue weighted by Crippen LogP contribution is -2.42. The number of rotatable bonds is 7. The third-order valence-corrected chi connectivity index (χ3v) is 5.51. The lowest BCUT2D eigenvalue weighted by molar-refractivity contribution is 0.261. The topological polar surface area (TPSA) is 76.4 Å². The highest BCUT2D eigenvalue weighted by molar-refractivity contribution is 6.30. The van der Waals surface area contributed by atoms with E-state index in [1.54, 1.807) is 6.33 Å². The maximum atomic E-state index is 6.01. The number of nitrogens with zero attached hydrogens (tertiary/aromatic N) is 4. The quantitative estimate of drug-likeness (QED) is 0.434. The zero-order chi connectivity index (χ0) is 21.5. The molecular weight excluding hydrogens is 412 g/mol. The molecule has 2 aromatic carbocycles. The van der Waals surface area contributed by atoms with E-state index in [4.69, 9.17) is 21.3 Å². The SMILES string of the molecule is CCc1nncn1CCNC(=NCc1ccc(Cl)cc1)NC1CCOc2ccccc21. The van der Waals surface area contributed by atoms with Gasteiger partial charge in [-0.1, -0.05) is 48.9 Å². The van der Waals surface area contributed by atoms with Crippen LogP contribution in [0.5, 0.6) is 5.75 Å². The van der Waals surface area contributed by atoms with Gasteiger partial charge in [-0.05, 0) is 23.8 Å². The molecule has 4 rings (SSSR count). The molecule has 0 fully saturated rings. The van der Waals surface area contributed by atoms with Crippen LogP contribution in [-0.2, 0) is 19.5 Å². The highest BCUT2D eigenvalue weighted by Crippen LogP contribution is 2.31. The summed E-state index contributed by atoms with van der Waals surface area (Å²) in [5, 5.41) is 15.9. The Morgan fingerprint density at radius 3 is 2.90 bits per heavy atom. The fourth-order valence-corrected chi connectivity index (χ4v) is 3.73. The number of para-hydroxylation sites is 1. The number of hydrogen-bond acceptors (Lipinski definition) is 4. The summed E-state index contributed by atoms with van der Waals surface area (Å²) < 4.78 is 7.86. The molecule has 0 amide bonds. The van der Waals surface area contributed by atoms with Crippen molar-refractivity contribution in [1.82, 2.24) is 25.4 Å². The number of aliphatic imine (C=N–C) groups is 1. The van der Waals surface area contributed by atoms with Crippen LogP contribution in [0.2, 0.25) is 5.02 Å². The van der Waals surface area contributed by atoms with E-state index in [0.717, 1.165) is 53.1 Å². The third kappa shape index (κ3) is 5.55. The van der Waals surface area contributed by atoms with Gasteiger partial charge in [-0.3, -0.25) is 0 Å². The molecular formula is C23H27ClN6O. The average Bonchev–Trinajstić information content (AvgIpc) is 3.26. The molecule has 0 radical (unpaired) electrons. The summed E-state index contributed by atoms with van der Waals surface area (Å²) in [7, 11) is 0. The van der Waals surface area contributed by atoms with Gasteiger partial charge in [0.25, 0.3) is 0 Å². The predicted molar refractivity (Wildman–Crippen MR) is 122 cm³/mol. The Morgan fingerprint density at radius 2 is 2.06 bits per heavy atom. The van der Waals surface area contributed by atoms with Gasteiger partial charge in [0.2, 0.25) is 0 Å².